The molecule has 0 aromatic carbocycles. The third-order valence-corrected chi connectivity index (χ3v) is 1.50. The Bertz CT molecular complexity index is 242. The van der Waals surface area contributed by atoms with Crippen LogP contribution in [0.1, 0.15) is 0 Å². The molecule has 0 bridgehead atoms. The van der Waals surface area contributed by atoms with Gasteiger partial charge in [-0.15, -0.1) is 0 Å². The summed E-state index contributed by atoms with van der Waals surface area (Å²) in [7, 11) is -10.9. The zero-order valence-corrected chi connectivity index (χ0v) is 12.4. The van der Waals surface area contributed by atoms with Crippen molar-refractivity contribution in [2.45, 2.75) is 0 Å². The molecular formula is KNaO7S2. The molecule has 0 N–H and O–H groups in total. The van der Waals surface area contributed by atoms with Gasteiger partial charge in [-0.25, -0.2) is 16.8 Å². The minimum absolute atomic E-state index is 0. The van der Waals surface area contributed by atoms with Crippen molar-refractivity contribution < 1.29 is 111 Å². The average molecular weight is 238 g/mol. The SMILES string of the molecule is O=S(=O)([O-])OS(=O)(=O)[O-].[K+].[Na+]. The molecule has 0 radical (unpaired) electrons. The molecule has 0 aliphatic heterocycles. The minimum atomic E-state index is -5.43. The van der Waals surface area contributed by atoms with Crippen LogP contribution in [0, 0.1) is 0 Å². The second kappa shape index (κ2) is 6.81. The molecule has 0 aliphatic carbocycles. The molecule has 0 fully saturated rings. The van der Waals surface area contributed by atoms with Crippen molar-refractivity contribution >= 4 is 20.8 Å². The number of rotatable bonds is 2. The van der Waals surface area contributed by atoms with E-state index in [1.807, 2.05) is 0 Å². The molecule has 11 heteroatoms. The smallest absolute Gasteiger partial charge is 0.725 e. The largest absolute Gasteiger partial charge is 1.00 e. The molecule has 0 atom stereocenters. The molecular weight excluding hydrogens is 238 g/mol. The van der Waals surface area contributed by atoms with Crippen LogP contribution in [-0.2, 0) is 24.4 Å². The van der Waals surface area contributed by atoms with Crippen molar-refractivity contribution in [1.82, 2.24) is 0 Å². The van der Waals surface area contributed by atoms with E-state index in [0.717, 1.165) is 0 Å². The van der Waals surface area contributed by atoms with Crippen LogP contribution in [0.3, 0.4) is 0 Å². The van der Waals surface area contributed by atoms with Gasteiger partial charge in [0.15, 0.2) is 0 Å². The first kappa shape index (κ1) is 19.1. The first-order valence-corrected chi connectivity index (χ1v) is 4.00. The average Bonchev–Trinajstić information content (AvgIpc) is 1.14. The van der Waals surface area contributed by atoms with Gasteiger partial charge in [-0.3, -0.25) is 0 Å². The van der Waals surface area contributed by atoms with E-state index in [9.17, 15) is 25.9 Å². The quantitative estimate of drug-likeness (QED) is 0.266. The number of hydrogen-bond donors (Lipinski definition) is 0. The van der Waals surface area contributed by atoms with E-state index in [-0.39, 0.29) is 80.9 Å². The molecule has 56 valence electrons. The molecule has 0 rings (SSSR count). The van der Waals surface area contributed by atoms with E-state index in [0.29, 0.717) is 0 Å². The third-order valence-electron chi connectivity index (χ3n) is 0.167. The van der Waals surface area contributed by atoms with Gasteiger partial charge in [-0.1, -0.05) is 0 Å². The topological polar surface area (TPSA) is 124 Å². The Labute approximate surface area is 128 Å². The van der Waals surface area contributed by atoms with Gasteiger partial charge in [0.2, 0.25) is 20.8 Å². The van der Waals surface area contributed by atoms with Gasteiger partial charge in [-0.2, -0.15) is 3.63 Å². The molecule has 0 aromatic heterocycles. The summed E-state index contributed by atoms with van der Waals surface area (Å²) in [6.45, 7) is 0. The normalized spacial score (nSPS) is 11.1. The van der Waals surface area contributed by atoms with Crippen LogP contribution >= 0.6 is 0 Å². The Balaban J connectivity index is -0.000000320. The van der Waals surface area contributed by atoms with Crippen LogP contribution in [0.4, 0.5) is 0 Å². The zero-order valence-electron chi connectivity index (χ0n) is 5.67. The Kier molecular flexibility index (Phi) is 11.8. The van der Waals surface area contributed by atoms with Gasteiger partial charge in [-0.05, 0) is 0 Å². The molecule has 0 heterocycles. The van der Waals surface area contributed by atoms with Crippen LogP contribution in [0.2, 0.25) is 0 Å². The van der Waals surface area contributed by atoms with Crippen molar-refractivity contribution in [3.8, 4) is 0 Å². The molecule has 0 unspecified atom stereocenters. The molecule has 11 heavy (non-hydrogen) atoms. The third kappa shape index (κ3) is 19.0. The summed E-state index contributed by atoms with van der Waals surface area (Å²) in [6.07, 6.45) is 0. The molecule has 0 saturated carbocycles. The predicted molar refractivity (Wildman–Crippen MR) is 20.5 cm³/mol. The minimum Gasteiger partial charge on any atom is -0.725 e. The van der Waals surface area contributed by atoms with Gasteiger partial charge in [0.1, 0.15) is 0 Å². The summed E-state index contributed by atoms with van der Waals surface area (Å²) in [5.41, 5.74) is 0. The van der Waals surface area contributed by atoms with E-state index in [4.69, 9.17) is 0 Å². The monoisotopic (exact) mass is 238 g/mol. The predicted octanol–water partition coefficient (Wildman–Crippen LogP) is -8.07. The van der Waals surface area contributed by atoms with Gasteiger partial charge in [0.05, 0.1) is 0 Å². The zero-order chi connectivity index (χ0) is 7.71. The summed E-state index contributed by atoms with van der Waals surface area (Å²) >= 11 is 0. The second-order valence-corrected chi connectivity index (χ2v) is 3.06. The summed E-state index contributed by atoms with van der Waals surface area (Å²) < 4.78 is 58.2. The van der Waals surface area contributed by atoms with Crippen LogP contribution < -0.4 is 80.9 Å². The molecule has 0 saturated heterocycles. The summed E-state index contributed by atoms with van der Waals surface area (Å²) in [5.74, 6) is 0. The van der Waals surface area contributed by atoms with E-state index >= 15 is 0 Å². The number of hydrogen-bond acceptors (Lipinski definition) is 7. The maximum absolute atomic E-state index is 9.29. The maximum atomic E-state index is 9.29. The molecule has 0 aromatic rings. The van der Waals surface area contributed by atoms with Crippen molar-refractivity contribution in [3.63, 3.8) is 0 Å². The van der Waals surface area contributed by atoms with Gasteiger partial charge in [0, 0.05) is 0 Å². The standard InChI is InChI=1S/K.Na.H2O7S2/c;;1-8(2,3)7-9(4,5)6/h;;(H,1,2,3)(H,4,5,6)/q2*+1;/p-2. The maximum Gasteiger partial charge on any atom is 1.00 e. The van der Waals surface area contributed by atoms with Crippen molar-refractivity contribution in [2.75, 3.05) is 0 Å². The first-order chi connectivity index (χ1) is 3.71. The van der Waals surface area contributed by atoms with Gasteiger partial charge < -0.3 is 9.11 Å². The van der Waals surface area contributed by atoms with Crippen molar-refractivity contribution in [1.29, 1.82) is 0 Å². The Morgan fingerprint density at radius 3 is 1.09 bits per heavy atom. The Morgan fingerprint density at radius 2 is 1.09 bits per heavy atom. The van der Waals surface area contributed by atoms with Crippen LogP contribution in [0.15, 0.2) is 0 Å². The van der Waals surface area contributed by atoms with E-state index in [2.05, 4.69) is 3.63 Å². The van der Waals surface area contributed by atoms with Crippen molar-refractivity contribution in [2.24, 2.45) is 0 Å². The summed E-state index contributed by atoms with van der Waals surface area (Å²) in [5, 5.41) is 0. The molecule has 0 amide bonds. The van der Waals surface area contributed by atoms with E-state index in [1.54, 1.807) is 0 Å². The van der Waals surface area contributed by atoms with Crippen molar-refractivity contribution in [3.05, 3.63) is 0 Å². The fourth-order valence-electron chi connectivity index (χ4n) is 0.102. The van der Waals surface area contributed by atoms with Gasteiger partial charge in [0.25, 0.3) is 0 Å². The Hall–Kier alpha value is 2.42. The van der Waals surface area contributed by atoms with Crippen LogP contribution in [0.5, 0.6) is 0 Å². The van der Waals surface area contributed by atoms with E-state index < -0.39 is 20.8 Å². The van der Waals surface area contributed by atoms with Gasteiger partial charge >= 0.3 is 80.9 Å². The Morgan fingerprint density at radius 1 is 0.909 bits per heavy atom. The first-order valence-electron chi connectivity index (χ1n) is 1.33. The molecule has 7 nitrogen and oxygen atoms in total. The van der Waals surface area contributed by atoms with E-state index in [1.165, 1.54) is 0 Å². The summed E-state index contributed by atoms with van der Waals surface area (Å²) in [4.78, 5) is 0. The summed E-state index contributed by atoms with van der Waals surface area (Å²) in [6, 6.07) is 0. The fraction of sp³-hybridized carbons (Fsp3) is 0. The van der Waals surface area contributed by atoms with Crippen LogP contribution in [-0.4, -0.2) is 25.9 Å². The molecule has 0 spiro atoms. The fourth-order valence-corrected chi connectivity index (χ4v) is 0.919. The second-order valence-electron chi connectivity index (χ2n) is 0.885. The van der Waals surface area contributed by atoms with Crippen LogP contribution in [0.25, 0.3) is 0 Å². The molecule has 0 aliphatic rings.